The SMILES string of the molecule is O=S(=O)(NC1CNCCC1c1ccc(F)c(F)c1)c1ccccc1. The van der Waals surface area contributed by atoms with Crippen molar-refractivity contribution in [2.45, 2.75) is 23.3 Å². The summed E-state index contributed by atoms with van der Waals surface area (Å²) in [7, 11) is -3.68. The average Bonchev–Trinajstić information content (AvgIpc) is 2.58. The van der Waals surface area contributed by atoms with Crippen molar-refractivity contribution in [1.82, 2.24) is 10.0 Å². The minimum absolute atomic E-state index is 0.180. The first kappa shape index (κ1) is 17.0. The van der Waals surface area contributed by atoms with E-state index in [0.717, 1.165) is 12.1 Å². The molecule has 4 nitrogen and oxygen atoms in total. The standard InChI is InChI=1S/C17H18F2N2O2S/c18-15-7-6-12(10-16(15)19)14-8-9-20-11-17(14)21-24(22,23)13-4-2-1-3-5-13/h1-7,10,14,17,20-21H,8-9,11H2. The first-order valence-corrected chi connectivity index (χ1v) is 9.19. The van der Waals surface area contributed by atoms with Gasteiger partial charge in [0.15, 0.2) is 11.6 Å². The number of sulfonamides is 1. The summed E-state index contributed by atoms with van der Waals surface area (Å²) in [6.07, 6.45) is 0.632. The zero-order valence-electron chi connectivity index (χ0n) is 12.9. The molecular formula is C17H18F2N2O2S. The Bertz CT molecular complexity index is 813. The normalized spacial score (nSPS) is 21.6. The Hall–Kier alpha value is -1.83. The molecule has 2 atom stereocenters. The van der Waals surface area contributed by atoms with Crippen LogP contribution in [-0.4, -0.2) is 27.5 Å². The summed E-state index contributed by atoms with van der Waals surface area (Å²) in [5.41, 5.74) is 0.594. The van der Waals surface area contributed by atoms with Crippen LogP contribution in [0.1, 0.15) is 17.9 Å². The topological polar surface area (TPSA) is 58.2 Å². The molecule has 0 bridgehead atoms. The van der Waals surface area contributed by atoms with E-state index in [1.807, 2.05) is 0 Å². The van der Waals surface area contributed by atoms with Crippen molar-refractivity contribution in [3.8, 4) is 0 Å². The lowest BCUT2D eigenvalue weighted by Gasteiger charge is -2.33. The van der Waals surface area contributed by atoms with Crippen molar-refractivity contribution in [2.24, 2.45) is 0 Å². The van der Waals surface area contributed by atoms with Gasteiger partial charge in [-0.15, -0.1) is 0 Å². The monoisotopic (exact) mass is 352 g/mol. The molecule has 2 aromatic carbocycles. The number of hydrogen-bond donors (Lipinski definition) is 2. The fourth-order valence-corrected chi connectivity index (χ4v) is 4.29. The summed E-state index contributed by atoms with van der Waals surface area (Å²) < 4.78 is 54.4. The van der Waals surface area contributed by atoms with E-state index in [2.05, 4.69) is 10.0 Å². The third-order valence-corrected chi connectivity index (χ3v) is 5.72. The Kier molecular flexibility index (Phi) is 4.93. The van der Waals surface area contributed by atoms with Gasteiger partial charge >= 0.3 is 0 Å². The van der Waals surface area contributed by atoms with E-state index in [1.165, 1.54) is 18.2 Å². The summed E-state index contributed by atoms with van der Waals surface area (Å²) in [6.45, 7) is 1.11. The maximum absolute atomic E-state index is 13.5. The van der Waals surface area contributed by atoms with E-state index in [9.17, 15) is 17.2 Å². The lowest BCUT2D eigenvalue weighted by atomic mass is 9.86. The van der Waals surface area contributed by atoms with Crippen LogP contribution >= 0.6 is 0 Å². The average molecular weight is 352 g/mol. The van der Waals surface area contributed by atoms with Crippen molar-refractivity contribution in [2.75, 3.05) is 13.1 Å². The van der Waals surface area contributed by atoms with E-state index < -0.39 is 27.7 Å². The van der Waals surface area contributed by atoms with Crippen LogP contribution in [0.3, 0.4) is 0 Å². The van der Waals surface area contributed by atoms with Gasteiger partial charge in [-0.25, -0.2) is 21.9 Å². The summed E-state index contributed by atoms with van der Waals surface area (Å²) in [4.78, 5) is 0.180. The second-order valence-electron chi connectivity index (χ2n) is 5.81. The molecule has 2 aromatic rings. The first-order chi connectivity index (χ1) is 11.5. The van der Waals surface area contributed by atoms with Crippen molar-refractivity contribution in [3.05, 3.63) is 65.7 Å². The Morgan fingerprint density at radius 3 is 2.50 bits per heavy atom. The fraction of sp³-hybridized carbons (Fsp3) is 0.294. The van der Waals surface area contributed by atoms with Crippen LogP contribution in [0.4, 0.5) is 8.78 Å². The van der Waals surface area contributed by atoms with Gasteiger partial charge in [0.1, 0.15) is 0 Å². The number of rotatable bonds is 4. The van der Waals surface area contributed by atoms with Crippen LogP contribution in [0.5, 0.6) is 0 Å². The highest BCUT2D eigenvalue weighted by Crippen LogP contribution is 2.28. The third-order valence-electron chi connectivity index (χ3n) is 4.21. The maximum Gasteiger partial charge on any atom is 0.240 e. The Balaban J connectivity index is 1.86. The molecule has 128 valence electrons. The molecule has 24 heavy (non-hydrogen) atoms. The van der Waals surface area contributed by atoms with Gasteiger partial charge in [-0.3, -0.25) is 0 Å². The van der Waals surface area contributed by atoms with Crippen LogP contribution < -0.4 is 10.0 Å². The molecule has 0 radical (unpaired) electrons. The van der Waals surface area contributed by atoms with Gasteiger partial charge in [0.2, 0.25) is 10.0 Å². The number of hydrogen-bond acceptors (Lipinski definition) is 3. The lowest BCUT2D eigenvalue weighted by molar-refractivity contribution is 0.376. The molecule has 1 aliphatic rings. The second kappa shape index (κ2) is 6.96. The van der Waals surface area contributed by atoms with Crippen molar-refractivity contribution >= 4 is 10.0 Å². The maximum atomic E-state index is 13.5. The number of benzene rings is 2. The highest BCUT2D eigenvalue weighted by Gasteiger charge is 2.30. The van der Waals surface area contributed by atoms with Gasteiger partial charge in [0.25, 0.3) is 0 Å². The lowest BCUT2D eigenvalue weighted by Crippen LogP contribution is -2.49. The molecule has 0 saturated carbocycles. The highest BCUT2D eigenvalue weighted by molar-refractivity contribution is 7.89. The van der Waals surface area contributed by atoms with Crippen molar-refractivity contribution in [1.29, 1.82) is 0 Å². The van der Waals surface area contributed by atoms with Gasteiger partial charge < -0.3 is 5.32 Å². The van der Waals surface area contributed by atoms with E-state index in [1.54, 1.807) is 18.2 Å². The largest absolute Gasteiger partial charge is 0.315 e. The van der Waals surface area contributed by atoms with Crippen LogP contribution in [0.2, 0.25) is 0 Å². The fourth-order valence-electron chi connectivity index (χ4n) is 2.99. The van der Waals surface area contributed by atoms with Crippen LogP contribution in [-0.2, 0) is 10.0 Å². The van der Waals surface area contributed by atoms with Crippen LogP contribution in [0.25, 0.3) is 0 Å². The van der Waals surface area contributed by atoms with Gasteiger partial charge in [-0.2, -0.15) is 0 Å². The number of halogens is 2. The highest BCUT2D eigenvalue weighted by atomic mass is 32.2. The molecule has 0 aromatic heterocycles. The molecule has 0 spiro atoms. The quantitative estimate of drug-likeness (QED) is 0.888. The Labute approximate surface area is 139 Å². The molecule has 2 N–H and O–H groups in total. The Morgan fingerprint density at radius 1 is 1.04 bits per heavy atom. The molecule has 7 heteroatoms. The molecule has 1 fully saturated rings. The summed E-state index contributed by atoms with van der Waals surface area (Å²) >= 11 is 0. The predicted octanol–water partition coefficient (Wildman–Crippen LogP) is 2.39. The van der Waals surface area contributed by atoms with Crippen LogP contribution in [0.15, 0.2) is 53.4 Å². The third kappa shape index (κ3) is 3.63. The van der Waals surface area contributed by atoms with Gasteiger partial charge in [-0.1, -0.05) is 24.3 Å². The minimum atomic E-state index is -3.68. The molecule has 1 aliphatic heterocycles. The van der Waals surface area contributed by atoms with E-state index in [-0.39, 0.29) is 10.8 Å². The van der Waals surface area contributed by atoms with Crippen LogP contribution in [0, 0.1) is 11.6 Å². The molecule has 0 amide bonds. The van der Waals surface area contributed by atoms with Gasteiger partial charge in [0.05, 0.1) is 4.90 Å². The summed E-state index contributed by atoms with van der Waals surface area (Å²) in [6, 6.07) is 11.4. The van der Waals surface area contributed by atoms with Gasteiger partial charge in [0, 0.05) is 18.5 Å². The first-order valence-electron chi connectivity index (χ1n) is 7.70. The number of nitrogens with one attached hydrogen (secondary N) is 2. The molecule has 1 saturated heterocycles. The molecule has 1 heterocycles. The predicted molar refractivity (Wildman–Crippen MR) is 87.1 cm³/mol. The molecule has 0 aliphatic carbocycles. The minimum Gasteiger partial charge on any atom is -0.315 e. The molecular weight excluding hydrogens is 334 g/mol. The summed E-state index contributed by atoms with van der Waals surface area (Å²) in [5, 5.41) is 3.14. The van der Waals surface area contributed by atoms with E-state index in [0.29, 0.717) is 25.1 Å². The molecule has 3 rings (SSSR count). The summed E-state index contributed by atoms with van der Waals surface area (Å²) in [5.74, 6) is -2.05. The molecule has 2 unspecified atom stereocenters. The number of piperidine rings is 1. The zero-order chi connectivity index (χ0) is 17.2. The zero-order valence-corrected chi connectivity index (χ0v) is 13.7. The smallest absolute Gasteiger partial charge is 0.240 e. The Morgan fingerprint density at radius 2 is 1.79 bits per heavy atom. The second-order valence-corrected chi connectivity index (χ2v) is 7.53. The van der Waals surface area contributed by atoms with Crippen molar-refractivity contribution in [3.63, 3.8) is 0 Å². The van der Waals surface area contributed by atoms with E-state index in [4.69, 9.17) is 0 Å². The van der Waals surface area contributed by atoms with Crippen molar-refractivity contribution < 1.29 is 17.2 Å². The van der Waals surface area contributed by atoms with E-state index >= 15 is 0 Å². The van der Waals surface area contributed by atoms with Gasteiger partial charge in [-0.05, 0) is 42.8 Å².